The summed E-state index contributed by atoms with van der Waals surface area (Å²) in [7, 11) is -2.98. The smallest absolute Gasteiger partial charge is 0.147 e. The van der Waals surface area contributed by atoms with Crippen molar-refractivity contribution in [3.63, 3.8) is 0 Å². The zero-order chi connectivity index (χ0) is 13.2. The van der Waals surface area contributed by atoms with E-state index in [9.17, 15) is 13.5 Å². The number of fused-ring (bicyclic) bond motifs is 1. The van der Waals surface area contributed by atoms with E-state index in [2.05, 4.69) is 12.1 Å². The topological polar surface area (TPSA) is 54.4 Å². The van der Waals surface area contributed by atoms with Crippen molar-refractivity contribution in [1.82, 2.24) is 0 Å². The Morgan fingerprint density at radius 3 is 2.67 bits per heavy atom. The first-order valence-electron chi connectivity index (χ1n) is 6.38. The van der Waals surface area contributed by atoms with Gasteiger partial charge in [0.25, 0.3) is 0 Å². The van der Waals surface area contributed by atoms with E-state index in [0.29, 0.717) is 6.42 Å². The molecule has 1 aromatic carbocycles. The van der Waals surface area contributed by atoms with Gasteiger partial charge in [0.1, 0.15) is 9.84 Å². The van der Waals surface area contributed by atoms with Crippen LogP contribution < -0.4 is 0 Å². The normalized spacial score (nSPS) is 21.3. The van der Waals surface area contributed by atoms with Crippen LogP contribution in [-0.2, 0) is 22.7 Å². The van der Waals surface area contributed by atoms with Crippen LogP contribution in [0.4, 0.5) is 0 Å². The van der Waals surface area contributed by atoms with Gasteiger partial charge in [-0.1, -0.05) is 24.3 Å². The highest BCUT2D eigenvalue weighted by molar-refractivity contribution is 7.90. The lowest BCUT2D eigenvalue weighted by atomic mass is 9.80. The Hall–Kier alpha value is -0.870. The van der Waals surface area contributed by atoms with E-state index in [1.165, 1.54) is 17.4 Å². The molecular formula is C14H20O3S. The van der Waals surface area contributed by atoms with E-state index in [1.54, 1.807) is 0 Å². The predicted molar refractivity (Wildman–Crippen MR) is 72.3 cm³/mol. The second kappa shape index (κ2) is 5.41. The van der Waals surface area contributed by atoms with Crippen LogP contribution in [0.5, 0.6) is 0 Å². The molecule has 0 fully saturated rings. The van der Waals surface area contributed by atoms with Crippen molar-refractivity contribution in [2.24, 2.45) is 5.92 Å². The molecule has 0 spiro atoms. The number of aryl methyl sites for hydroxylation is 1. The van der Waals surface area contributed by atoms with Crippen molar-refractivity contribution >= 4 is 9.84 Å². The average Bonchev–Trinajstić information content (AvgIpc) is 2.34. The third-order valence-electron chi connectivity index (χ3n) is 3.71. The summed E-state index contributed by atoms with van der Waals surface area (Å²) >= 11 is 0. The maximum Gasteiger partial charge on any atom is 0.147 e. The zero-order valence-corrected chi connectivity index (χ0v) is 11.5. The van der Waals surface area contributed by atoms with Gasteiger partial charge in [0, 0.05) is 6.26 Å². The third-order valence-corrected chi connectivity index (χ3v) is 4.69. The molecular weight excluding hydrogens is 248 g/mol. The molecule has 18 heavy (non-hydrogen) atoms. The molecule has 4 heteroatoms. The van der Waals surface area contributed by atoms with E-state index < -0.39 is 15.9 Å². The molecule has 0 saturated heterocycles. The van der Waals surface area contributed by atoms with E-state index in [1.807, 2.05) is 12.1 Å². The molecule has 100 valence electrons. The molecule has 1 aromatic rings. The van der Waals surface area contributed by atoms with Crippen molar-refractivity contribution in [2.75, 3.05) is 12.0 Å². The van der Waals surface area contributed by atoms with Crippen molar-refractivity contribution in [3.05, 3.63) is 35.4 Å². The quantitative estimate of drug-likeness (QED) is 0.902. The van der Waals surface area contributed by atoms with Crippen LogP contribution in [0.3, 0.4) is 0 Å². The number of rotatable bonds is 4. The SMILES string of the molecule is CS(=O)(=O)CCC(O)C1CCc2ccccc2C1. The first-order valence-corrected chi connectivity index (χ1v) is 8.44. The van der Waals surface area contributed by atoms with Crippen molar-refractivity contribution in [2.45, 2.75) is 31.8 Å². The van der Waals surface area contributed by atoms with E-state index in [4.69, 9.17) is 0 Å². The molecule has 0 aliphatic heterocycles. The minimum absolute atomic E-state index is 0.0757. The van der Waals surface area contributed by atoms with Gasteiger partial charge in [-0.15, -0.1) is 0 Å². The molecule has 2 unspecified atom stereocenters. The van der Waals surface area contributed by atoms with Crippen molar-refractivity contribution < 1.29 is 13.5 Å². The number of sulfone groups is 1. The summed E-state index contributed by atoms with van der Waals surface area (Å²) in [5.74, 6) is 0.272. The van der Waals surface area contributed by atoms with E-state index in [0.717, 1.165) is 19.3 Å². The zero-order valence-electron chi connectivity index (χ0n) is 10.7. The second-order valence-corrected chi connectivity index (χ2v) is 7.52. The predicted octanol–water partition coefficient (Wildman–Crippen LogP) is 1.59. The Morgan fingerprint density at radius 2 is 2.00 bits per heavy atom. The van der Waals surface area contributed by atoms with Crippen LogP contribution >= 0.6 is 0 Å². The van der Waals surface area contributed by atoms with Crippen LogP contribution in [0, 0.1) is 5.92 Å². The van der Waals surface area contributed by atoms with Gasteiger partial charge in [-0.3, -0.25) is 0 Å². The standard InChI is InChI=1S/C14H20O3S/c1-18(16,17)9-8-14(15)13-7-6-11-4-2-3-5-12(11)10-13/h2-5,13-15H,6-10H2,1H3. The Labute approximate surface area is 109 Å². The largest absolute Gasteiger partial charge is 0.393 e. The highest BCUT2D eigenvalue weighted by Crippen LogP contribution is 2.28. The molecule has 1 aliphatic carbocycles. The van der Waals surface area contributed by atoms with Gasteiger partial charge in [-0.05, 0) is 42.7 Å². The Kier molecular flexibility index (Phi) is 4.07. The Bertz CT molecular complexity index is 508. The molecule has 1 aliphatic rings. The lowest BCUT2D eigenvalue weighted by Crippen LogP contribution is -2.28. The highest BCUT2D eigenvalue weighted by Gasteiger charge is 2.25. The fourth-order valence-electron chi connectivity index (χ4n) is 2.62. The summed E-state index contributed by atoms with van der Waals surface area (Å²) in [5.41, 5.74) is 2.66. The molecule has 0 heterocycles. The monoisotopic (exact) mass is 268 g/mol. The maximum absolute atomic E-state index is 11.1. The Balaban J connectivity index is 1.96. The van der Waals surface area contributed by atoms with Gasteiger partial charge >= 0.3 is 0 Å². The minimum Gasteiger partial charge on any atom is -0.393 e. The number of aliphatic hydroxyl groups excluding tert-OH is 1. The fraction of sp³-hybridized carbons (Fsp3) is 0.571. The number of aliphatic hydroxyl groups is 1. The van der Waals surface area contributed by atoms with Crippen LogP contribution in [0.2, 0.25) is 0 Å². The van der Waals surface area contributed by atoms with Crippen LogP contribution in [0.1, 0.15) is 24.0 Å². The average molecular weight is 268 g/mol. The van der Waals surface area contributed by atoms with Crippen molar-refractivity contribution in [1.29, 1.82) is 0 Å². The number of hydrogen-bond donors (Lipinski definition) is 1. The van der Waals surface area contributed by atoms with Gasteiger partial charge in [-0.2, -0.15) is 0 Å². The second-order valence-electron chi connectivity index (χ2n) is 5.26. The first-order chi connectivity index (χ1) is 8.46. The number of benzene rings is 1. The molecule has 1 N–H and O–H groups in total. The van der Waals surface area contributed by atoms with Gasteiger partial charge in [0.15, 0.2) is 0 Å². The summed E-state index contributed by atoms with van der Waals surface area (Å²) in [6.45, 7) is 0. The first kappa shape index (κ1) is 13.6. The molecule has 2 atom stereocenters. The summed E-state index contributed by atoms with van der Waals surface area (Å²) in [6, 6.07) is 8.29. The summed E-state index contributed by atoms with van der Waals surface area (Å²) in [4.78, 5) is 0. The number of hydrogen-bond acceptors (Lipinski definition) is 3. The Morgan fingerprint density at radius 1 is 1.33 bits per heavy atom. The van der Waals surface area contributed by atoms with Crippen LogP contribution in [-0.4, -0.2) is 31.6 Å². The molecule has 0 radical (unpaired) electrons. The lowest BCUT2D eigenvalue weighted by molar-refractivity contribution is 0.0961. The minimum atomic E-state index is -2.98. The van der Waals surface area contributed by atoms with Gasteiger partial charge in [-0.25, -0.2) is 8.42 Å². The molecule has 0 saturated carbocycles. The van der Waals surface area contributed by atoms with Crippen LogP contribution in [0.15, 0.2) is 24.3 Å². The van der Waals surface area contributed by atoms with Gasteiger partial charge < -0.3 is 5.11 Å². The summed E-state index contributed by atoms with van der Waals surface area (Å²) in [6.07, 6.45) is 3.86. The summed E-state index contributed by atoms with van der Waals surface area (Å²) in [5, 5.41) is 10.1. The van der Waals surface area contributed by atoms with Crippen LogP contribution in [0.25, 0.3) is 0 Å². The molecule has 3 nitrogen and oxygen atoms in total. The van der Waals surface area contributed by atoms with Gasteiger partial charge in [0.2, 0.25) is 0 Å². The maximum atomic E-state index is 11.1. The van der Waals surface area contributed by atoms with E-state index >= 15 is 0 Å². The highest BCUT2D eigenvalue weighted by atomic mass is 32.2. The molecule has 0 aromatic heterocycles. The van der Waals surface area contributed by atoms with E-state index in [-0.39, 0.29) is 11.7 Å². The molecule has 2 rings (SSSR count). The van der Waals surface area contributed by atoms with Crippen molar-refractivity contribution in [3.8, 4) is 0 Å². The van der Waals surface area contributed by atoms with Gasteiger partial charge in [0.05, 0.1) is 11.9 Å². The molecule has 0 bridgehead atoms. The fourth-order valence-corrected chi connectivity index (χ4v) is 3.29. The third kappa shape index (κ3) is 3.56. The molecule has 0 amide bonds. The summed E-state index contributed by atoms with van der Waals surface area (Å²) < 4.78 is 22.2. The lowest BCUT2D eigenvalue weighted by Gasteiger charge is -2.28.